The SMILES string of the molecule is C=C(CC)C(NC(=O)[C@@H]1C[C@@H](OC(=O)N2CCc3ccccc3C2)CN1C(=O)[C@@H](NC(=O)C(=O)Cc1ccccc1)C(C)C)C(=O)C(=O)NCC(=O)O. The normalized spacial score (nSPS) is 17.5. The van der Waals surface area contributed by atoms with Gasteiger partial charge in [-0.2, -0.15) is 0 Å². The molecule has 4 rings (SSSR count). The van der Waals surface area contributed by atoms with Crippen LogP contribution in [0.15, 0.2) is 66.7 Å². The molecule has 4 N–H and O–H groups in total. The summed E-state index contributed by atoms with van der Waals surface area (Å²) in [4.78, 5) is 107. The number of aliphatic carboxylic acids is 1. The predicted octanol–water partition coefficient (Wildman–Crippen LogP) is 1.32. The lowest BCUT2D eigenvalue weighted by Gasteiger charge is -2.31. The van der Waals surface area contributed by atoms with E-state index in [9.17, 15) is 38.4 Å². The van der Waals surface area contributed by atoms with E-state index in [1.54, 1.807) is 51.1 Å². The first kappa shape index (κ1) is 39.9. The number of hydrogen-bond donors (Lipinski definition) is 4. The van der Waals surface area contributed by atoms with Crippen molar-refractivity contribution in [1.82, 2.24) is 25.8 Å². The van der Waals surface area contributed by atoms with Crippen LogP contribution in [0.1, 0.15) is 50.3 Å². The Morgan fingerprint density at radius 2 is 1.58 bits per heavy atom. The molecule has 0 radical (unpaired) electrons. The Balaban J connectivity index is 1.56. The van der Waals surface area contributed by atoms with E-state index in [1.165, 1.54) is 4.90 Å². The van der Waals surface area contributed by atoms with Crippen LogP contribution >= 0.6 is 0 Å². The number of ketones is 2. The molecule has 2 aliphatic heterocycles. The van der Waals surface area contributed by atoms with Crippen LogP contribution in [0.25, 0.3) is 0 Å². The highest BCUT2D eigenvalue weighted by atomic mass is 16.6. The molecule has 1 unspecified atom stereocenters. The summed E-state index contributed by atoms with van der Waals surface area (Å²) in [5, 5.41) is 15.9. The van der Waals surface area contributed by atoms with Crippen molar-refractivity contribution in [1.29, 1.82) is 0 Å². The first-order valence-corrected chi connectivity index (χ1v) is 17.4. The topological polar surface area (TPSA) is 209 Å². The fourth-order valence-electron chi connectivity index (χ4n) is 6.19. The Labute approximate surface area is 307 Å². The average Bonchev–Trinajstić information content (AvgIpc) is 3.57. The van der Waals surface area contributed by atoms with Crippen molar-refractivity contribution >= 4 is 47.3 Å². The Morgan fingerprint density at radius 3 is 2.23 bits per heavy atom. The molecule has 15 heteroatoms. The largest absolute Gasteiger partial charge is 0.480 e. The fourth-order valence-corrected chi connectivity index (χ4v) is 6.19. The number of likely N-dealkylation sites (tertiary alicyclic amines) is 1. The van der Waals surface area contributed by atoms with Crippen molar-refractivity contribution < 1.29 is 48.2 Å². The predicted molar refractivity (Wildman–Crippen MR) is 190 cm³/mol. The number of nitrogens with zero attached hydrogens (tertiary/aromatic N) is 2. The maximum absolute atomic E-state index is 14.2. The number of nitrogens with one attached hydrogen (secondary N) is 3. The van der Waals surface area contributed by atoms with E-state index < -0.39 is 83.9 Å². The third-order valence-electron chi connectivity index (χ3n) is 9.22. The molecule has 2 aliphatic rings. The third kappa shape index (κ3) is 10.4. The second kappa shape index (κ2) is 18.1. The van der Waals surface area contributed by atoms with Gasteiger partial charge >= 0.3 is 12.1 Å². The first-order chi connectivity index (χ1) is 25.2. The number of Topliss-reactive ketones (excluding diaryl/α,β-unsaturated/α-hetero) is 2. The van der Waals surface area contributed by atoms with E-state index in [0.717, 1.165) is 16.0 Å². The van der Waals surface area contributed by atoms with Crippen LogP contribution in [0.5, 0.6) is 0 Å². The summed E-state index contributed by atoms with van der Waals surface area (Å²) in [6.07, 6.45) is -1.25. The van der Waals surface area contributed by atoms with Crippen molar-refractivity contribution in [2.45, 2.75) is 77.2 Å². The maximum atomic E-state index is 14.2. The summed E-state index contributed by atoms with van der Waals surface area (Å²) in [7, 11) is 0. The lowest BCUT2D eigenvalue weighted by molar-refractivity contribution is -0.145. The van der Waals surface area contributed by atoms with E-state index in [-0.39, 0.29) is 31.4 Å². The molecule has 53 heavy (non-hydrogen) atoms. The molecular weight excluding hydrogens is 686 g/mol. The number of rotatable bonds is 15. The van der Waals surface area contributed by atoms with Gasteiger partial charge in [-0.25, -0.2) is 4.79 Å². The van der Waals surface area contributed by atoms with Gasteiger partial charge in [0.1, 0.15) is 30.8 Å². The van der Waals surface area contributed by atoms with Crippen LogP contribution in [-0.2, 0) is 57.7 Å². The molecule has 282 valence electrons. The standard InChI is InChI=1S/C38H45N5O10/c1-5-23(4)32(33(47)36(50)39-19-30(45)46)41-34(48)28-18-27(53-38(52)42-16-15-25-13-9-10-14-26(25)20-42)21-43(28)37(51)31(22(2)3)40-35(49)29(44)17-24-11-7-6-8-12-24/h6-14,22,27-28,31-32H,4-5,15-21H2,1-3H3,(H,39,50)(H,40,49)(H,41,48)(H,45,46)/t27-,28+,31+,32?/m1/s1. The van der Waals surface area contributed by atoms with Gasteiger partial charge in [-0.05, 0) is 41.0 Å². The van der Waals surface area contributed by atoms with E-state index >= 15 is 0 Å². The summed E-state index contributed by atoms with van der Waals surface area (Å²) in [5.41, 5.74) is 2.83. The summed E-state index contributed by atoms with van der Waals surface area (Å²) < 4.78 is 5.83. The summed E-state index contributed by atoms with van der Waals surface area (Å²) in [6, 6.07) is 12.1. The van der Waals surface area contributed by atoms with Gasteiger partial charge in [0.05, 0.1) is 6.54 Å². The van der Waals surface area contributed by atoms with E-state index in [1.807, 2.05) is 29.6 Å². The van der Waals surface area contributed by atoms with E-state index in [0.29, 0.717) is 25.1 Å². The van der Waals surface area contributed by atoms with Gasteiger partial charge in [-0.15, -0.1) is 0 Å². The minimum Gasteiger partial charge on any atom is -0.480 e. The van der Waals surface area contributed by atoms with Crippen molar-refractivity contribution in [2.24, 2.45) is 5.92 Å². The molecule has 1 saturated heterocycles. The van der Waals surface area contributed by atoms with Crippen LogP contribution in [0.4, 0.5) is 4.79 Å². The summed E-state index contributed by atoms with van der Waals surface area (Å²) >= 11 is 0. The van der Waals surface area contributed by atoms with Crippen LogP contribution in [0.3, 0.4) is 0 Å². The van der Waals surface area contributed by atoms with Crippen LogP contribution in [0, 0.1) is 5.92 Å². The molecule has 0 bridgehead atoms. The van der Waals surface area contributed by atoms with Gasteiger partial charge in [0.25, 0.3) is 11.8 Å². The summed E-state index contributed by atoms with van der Waals surface area (Å²) in [5.74, 6) is -7.75. The molecule has 0 spiro atoms. The van der Waals surface area contributed by atoms with Gasteiger partial charge < -0.3 is 35.6 Å². The number of hydrogen-bond acceptors (Lipinski definition) is 9. The van der Waals surface area contributed by atoms with Crippen molar-refractivity contribution in [3.05, 3.63) is 83.4 Å². The molecule has 4 atom stereocenters. The van der Waals surface area contributed by atoms with Crippen molar-refractivity contribution in [2.75, 3.05) is 19.6 Å². The second-order valence-corrected chi connectivity index (χ2v) is 13.4. The van der Waals surface area contributed by atoms with E-state index in [2.05, 4.69) is 17.2 Å². The lowest BCUT2D eigenvalue weighted by Crippen LogP contribution is -2.58. The molecule has 2 heterocycles. The number of carbonyl (C=O) groups is 8. The minimum atomic E-state index is -1.57. The molecule has 2 aromatic carbocycles. The Morgan fingerprint density at radius 1 is 0.925 bits per heavy atom. The number of carbonyl (C=O) groups excluding carboxylic acids is 7. The smallest absolute Gasteiger partial charge is 0.410 e. The maximum Gasteiger partial charge on any atom is 0.410 e. The Kier molecular flexibility index (Phi) is 13.6. The van der Waals surface area contributed by atoms with Crippen molar-refractivity contribution in [3.8, 4) is 0 Å². The van der Waals surface area contributed by atoms with Crippen LogP contribution in [0.2, 0.25) is 0 Å². The Hall–Kier alpha value is -5.86. The zero-order valence-corrected chi connectivity index (χ0v) is 30.0. The fraction of sp³-hybridized carbons (Fsp3) is 0.421. The number of fused-ring (bicyclic) bond motifs is 1. The number of carboxylic acid groups (broad SMARTS) is 1. The van der Waals surface area contributed by atoms with Crippen LogP contribution in [-0.4, -0.2) is 106 Å². The van der Waals surface area contributed by atoms with Crippen molar-refractivity contribution in [3.63, 3.8) is 0 Å². The van der Waals surface area contributed by atoms with Gasteiger partial charge in [-0.3, -0.25) is 33.6 Å². The summed E-state index contributed by atoms with van der Waals surface area (Å²) in [6.45, 7) is 8.34. The molecule has 0 aromatic heterocycles. The highest BCUT2D eigenvalue weighted by Crippen LogP contribution is 2.26. The van der Waals surface area contributed by atoms with Gasteiger partial charge in [-0.1, -0.05) is 81.9 Å². The quantitative estimate of drug-likeness (QED) is 0.153. The van der Waals surface area contributed by atoms with Gasteiger partial charge in [0.15, 0.2) is 0 Å². The van der Waals surface area contributed by atoms with E-state index in [4.69, 9.17) is 9.84 Å². The highest BCUT2D eigenvalue weighted by molar-refractivity contribution is 6.39. The highest BCUT2D eigenvalue weighted by Gasteiger charge is 2.46. The average molecular weight is 732 g/mol. The first-order valence-electron chi connectivity index (χ1n) is 17.4. The number of ether oxygens (including phenoxy) is 1. The molecule has 2 aromatic rings. The zero-order valence-electron chi connectivity index (χ0n) is 30.0. The monoisotopic (exact) mass is 731 g/mol. The molecular formula is C38H45N5O10. The third-order valence-corrected chi connectivity index (χ3v) is 9.22. The molecule has 1 fully saturated rings. The molecule has 5 amide bonds. The van der Waals surface area contributed by atoms with Crippen LogP contribution < -0.4 is 16.0 Å². The molecule has 0 saturated carbocycles. The minimum absolute atomic E-state index is 0.141. The number of amides is 5. The zero-order chi connectivity index (χ0) is 38.8. The van der Waals surface area contributed by atoms with Gasteiger partial charge in [0, 0.05) is 25.9 Å². The molecule has 0 aliphatic carbocycles. The second-order valence-electron chi connectivity index (χ2n) is 13.4. The lowest BCUT2D eigenvalue weighted by atomic mass is 9.99. The molecule has 15 nitrogen and oxygen atoms in total. The number of benzene rings is 2. The number of carboxylic acids is 1. The van der Waals surface area contributed by atoms with Gasteiger partial charge in [0.2, 0.25) is 23.4 Å². The Bertz CT molecular complexity index is 1760.